The Hall–Kier alpha value is -2.60. The highest BCUT2D eigenvalue weighted by Gasteiger charge is 1.99. The van der Waals surface area contributed by atoms with E-state index < -0.39 is 0 Å². The summed E-state index contributed by atoms with van der Waals surface area (Å²) in [6.45, 7) is 0.243. The van der Waals surface area contributed by atoms with Crippen LogP contribution in [0.3, 0.4) is 0 Å². The zero-order valence-corrected chi connectivity index (χ0v) is 9.67. The second kappa shape index (κ2) is 6.21. The van der Waals surface area contributed by atoms with Gasteiger partial charge in [0, 0.05) is 18.0 Å². The molecule has 0 saturated heterocycles. The van der Waals surface area contributed by atoms with Crippen LogP contribution in [0.2, 0.25) is 0 Å². The zero-order chi connectivity index (χ0) is 12.6. The van der Waals surface area contributed by atoms with E-state index in [1.807, 2.05) is 18.2 Å². The molecule has 18 heavy (non-hydrogen) atoms. The van der Waals surface area contributed by atoms with Crippen molar-refractivity contribution in [2.45, 2.75) is 0 Å². The molecule has 0 spiro atoms. The second-order valence-electron chi connectivity index (χ2n) is 3.48. The van der Waals surface area contributed by atoms with Crippen molar-refractivity contribution >= 4 is 6.29 Å². The summed E-state index contributed by atoms with van der Waals surface area (Å²) in [5.74, 6) is 6.39. The molecule has 3 nitrogen and oxygen atoms in total. The number of aldehydes is 1. The molecule has 0 unspecified atom stereocenters. The van der Waals surface area contributed by atoms with E-state index in [9.17, 15) is 4.79 Å². The zero-order valence-electron chi connectivity index (χ0n) is 9.67. The van der Waals surface area contributed by atoms with Crippen molar-refractivity contribution < 1.29 is 9.53 Å². The molecular weight excluding hydrogens is 226 g/mol. The number of carbonyl (C=O) groups is 1. The molecule has 88 valence electrons. The van der Waals surface area contributed by atoms with E-state index in [1.54, 1.807) is 30.6 Å². The van der Waals surface area contributed by atoms with Crippen LogP contribution in [0.25, 0.3) is 0 Å². The van der Waals surface area contributed by atoms with Gasteiger partial charge in [-0.05, 0) is 24.3 Å². The molecule has 1 aromatic carbocycles. The van der Waals surface area contributed by atoms with Crippen LogP contribution in [-0.2, 0) is 0 Å². The quantitative estimate of drug-likeness (QED) is 0.607. The van der Waals surface area contributed by atoms with Gasteiger partial charge in [0.05, 0.1) is 5.56 Å². The highest BCUT2D eigenvalue weighted by atomic mass is 16.5. The van der Waals surface area contributed by atoms with E-state index in [1.165, 1.54) is 0 Å². The SMILES string of the molecule is O=Cc1ccccc1OCC#Cc1ccncc1. The number of aromatic nitrogens is 1. The molecule has 0 amide bonds. The number of hydrogen-bond acceptors (Lipinski definition) is 3. The summed E-state index contributed by atoms with van der Waals surface area (Å²) in [6, 6.07) is 10.7. The molecule has 2 aromatic rings. The van der Waals surface area contributed by atoms with Gasteiger partial charge in [-0.2, -0.15) is 0 Å². The minimum atomic E-state index is 0.243. The number of carbonyl (C=O) groups excluding carboxylic acids is 1. The minimum Gasteiger partial charge on any atom is -0.480 e. The third-order valence-corrected chi connectivity index (χ3v) is 2.26. The van der Waals surface area contributed by atoms with E-state index in [-0.39, 0.29) is 6.61 Å². The normalized spacial score (nSPS) is 9.11. The number of nitrogens with zero attached hydrogens (tertiary/aromatic N) is 1. The molecule has 0 N–H and O–H groups in total. The predicted octanol–water partition coefficient (Wildman–Crippen LogP) is 2.32. The highest BCUT2D eigenvalue weighted by Crippen LogP contribution is 2.14. The lowest BCUT2D eigenvalue weighted by molar-refractivity contribution is 0.112. The number of hydrogen-bond donors (Lipinski definition) is 0. The molecule has 0 aliphatic heterocycles. The Kier molecular flexibility index (Phi) is 4.10. The minimum absolute atomic E-state index is 0.243. The maximum Gasteiger partial charge on any atom is 0.153 e. The molecule has 1 heterocycles. The average Bonchev–Trinajstić information content (AvgIpc) is 2.45. The van der Waals surface area contributed by atoms with Crippen molar-refractivity contribution in [3.05, 3.63) is 59.9 Å². The molecule has 2 rings (SSSR count). The van der Waals surface area contributed by atoms with Crippen molar-refractivity contribution in [1.29, 1.82) is 0 Å². The van der Waals surface area contributed by atoms with E-state index in [2.05, 4.69) is 16.8 Å². The van der Waals surface area contributed by atoms with Crippen molar-refractivity contribution in [1.82, 2.24) is 4.98 Å². The van der Waals surface area contributed by atoms with Crippen LogP contribution in [-0.4, -0.2) is 17.9 Å². The maximum absolute atomic E-state index is 10.8. The first-order valence-corrected chi connectivity index (χ1v) is 5.46. The maximum atomic E-state index is 10.8. The number of para-hydroxylation sites is 1. The van der Waals surface area contributed by atoms with Crippen LogP contribution in [0.1, 0.15) is 15.9 Å². The molecule has 3 heteroatoms. The standard InChI is InChI=1S/C15H11NO2/c17-12-14-5-1-2-6-15(14)18-11-3-4-13-7-9-16-10-8-13/h1-2,5-10,12H,11H2. The van der Waals surface area contributed by atoms with Crippen molar-refractivity contribution in [3.63, 3.8) is 0 Å². The van der Waals surface area contributed by atoms with Gasteiger partial charge in [-0.1, -0.05) is 24.0 Å². The van der Waals surface area contributed by atoms with Crippen LogP contribution >= 0.6 is 0 Å². The van der Waals surface area contributed by atoms with Crippen LogP contribution in [0.15, 0.2) is 48.8 Å². The summed E-state index contributed by atoms with van der Waals surface area (Å²) in [4.78, 5) is 14.7. The van der Waals surface area contributed by atoms with Gasteiger partial charge < -0.3 is 4.74 Å². The van der Waals surface area contributed by atoms with Gasteiger partial charge in [0.1, 0.15) is 12.4 Å². The van der Waals surface area contributed by atoms with Gasteiger partial charge in [0.15, 0.2) is 6.29 Å². The first-order valence-electron chi connectivity index (χ1n) is 5.46. The van der Waals surface area contributed by atoms with Gasteiger partial charge in [-0.3, -0.25) is 9.78 Å². The number of pyridine rings is 1. The number of rotatable bonds is 3. The van der Waals surface area contributed by atoms with E-state index in [4.69, 9.17) is 4.74 Å². The summed E-state index contributed by atoms with van der Waals surface area (Å²) in [5.41, 5.74) is 1.42. The van der Waals surface area contributed by atoms with Crippen molar-refractivity contribution in [3.8, 4) is 17.6 Å². The second-order valence-corrected chi connectivity index (χ2v) is 3.48. The summed E-state index contributed by atoms with van der Waals surface area (Å²) in [7, 11) is 0. The summed E-state index contributed by atoms with van der Waals surface area (Å²) in [6.07, 6.45) is 4.14. The largest absolute Gasteiger partial charge is 0.480 e. The van der Waals surface area contributed by atoms with Crippen molar-refractivity contribution in [2.24, 2.45) is 0 Å². The van der Waals surface area contributed by atoms with Crippen LogP contribution in [0.5, 0.6) is 5.75 Å². The molecule has 0 bridgehead atoms. The lowest BCUT2D eigenvalue weighted by Gasteiger charge is -2.03. The topological polar surface area (TPSA) is 39.2 Å². The van der Waals surface area contributed by atoms with Gasteiger partial charge in [-0.15, -0.1) is 0 Å². The van der Waals surface area contributed by atoms with Crippen LogP contribution < -0.4 is 4.74 Å². The fraction of sp³-hybridized carbons (Fsp3) is 0.0667. The fourth-order valence-electron chi connectivity index (χ4n) is 1.40. The predicted molar refractivity (Wildman–Crippen MR) is 68.4 cm³/mol. The lowest BCUT2D eigenvalue weighted by atomic mass is 10.2. The van der Waals surface area contributed by atoms with Gasteiger partial charge in [-0.25, -0.2) is 0 Å². The average molecular weight is 237 g/mol. The first kappa shape index (κ1) is 11.9. The van der Waals surface area contributed by atoms with E-state index >= 15 is 0 Å². The lowest BCUT2D eigenvalue weighted by Crippen LogP contribution is -1.97. The van der Waals surface area contributed by atoms with Gasteiger partial charge in [0.25, 0.3) is 0 Å². The molecule has 0 radical (unpaired) electrons. The van der Waals surface area contributed by atoms with E-state index in [0.717, 1.165) is 11.8 Å². The smallest absolute Gasteiger partial charge is 0.153 e. The molecule has 0 aliphatic rings. The number of benzene rings is 1. The Bertz CT molecular complexity index is 582. The fourth-order valence-corrected chi connectivity index (χ4v) is 1.40. The third-order valence-electron chi connectivity index (χ3n) is 2.26. The summed E-state index contributed by atoms with van der Waals surface area (Å²) in [5, 5.41) is 0. The highest BCUT2D eigenvalue weighted by molar-refractivity contribution is 5.79. The Morgan fingerprint density at radius 1 is 1.17 bits per heavy atom. The molecule has 0 saturated carbocycles. The number of ether oxygens (including phenoxy) is 1. The van der Waals surface area contributed by atoms with Gasteiger partial charge >= 0.3 is 0 Å². The molecule has 0 atom stereocenters. The Balaban J connectivity index is 1.97. The van der Waals surface area contributed by atoms with Crippen molar-refractivity contribution in [2.75, 3.05) is 6.61 Å². The molecule has 0 fully saturated rings. The Morgan fingerprint density at radius 2 is 1.94 bits per heavy atom. The van der Waals surface area contributed by atoms with Gasteiger partial charge in [0.2, 0.25) is 0 Å². The Morgan fingerprint density at radius 3 is 2.72 bits per heavy atom. The summed E-state index contributed by atoms with van der Waals surface area (Å²) >= 11 is 0. The van der Waals surface area contributed by atoms with Crippen LogP contribution in [0.4, 0.5) is 0 Å². The molecule has 0 aliphatic carbocycles. The first-order chi connectivity index (χ1) is 8.90. The van der Waals surface area contributed by atoms with E-state index in [0.29, 0.717) is 11.3 Å². The third kappa shape index (κ3) is 3.19. The molecular formula is C15H11NO2. The molecule has 1 aromatic heterocycles. The Labute approximate surface area is 105 Å². The monoisotopic (exact) mass is 237 g/mol. The summed E-state index contributed by atoms with van der Waals surface area (Å²) < 4.78 is 5.43. The van der Waals surface area contributed by atoms with Crippen LogP contribution in [0, 0.1) is 11.8 Å².